The highest BCUT2D eigenvalue weighted by atomic mass is 32.2. The molecule has 0 atom stereocenters. The fraction of sp³-hybridized carbons (Fsp3) is 0.278. The SMILES string of the molecule is O=C(Cc1ccc(S(=O)(=O)C(F)F)cc1)Nc1ccc2c(c1F)CCNC2. The topological polar surface area (TPSA) is 75.3 Å². The molecule has 5 nitrogen and oxygen atoms in total. The van der Waals surface area contributed by atoms with E-state index in [4.69, 9.17) is 0 Å². The molecule has 1 aliphatic rings. The van der Waals surface area contributed by atoms with E-state index in [0.717, 1.165) is 17.7 Å². The van der Waals surface area contributed by atoms with E-state index >= 15 is 0 Å². The molecule has 1 aliphatic heterocycles. The molecule has 3 rings (SSSR count). The third kappa shape index (κ3) is 4.14. The van der Waals surface area contributed by atoms with Crippen LogP contribution in [0.5, 0.6) is 0 Å². The number of alkyl halides is 2. The zero-order valence-electron chi connectivity index (χ0n) is 14.1. The molecular weight excluding hydrogens is 381 g/mol. The minimum absolute atomic E-state index is 0.0811. The number of hydrogen-bond donors (Lipinski definition) is 2. The third-order valence-corrected chi connectivity index (χ3v) is 5.73. The Bertz CT molecular complexity index is 961. The monoisotopic (exact) mass is 398 g/mol. The summed E-state index contributed by atoms with van der Waals surface area (Å²) in [6.45, 7) is 1.24. The predicted octanol–water partition coefficient (Wildman–Crippen LogP) is 2.65. The van der Waals surface area contributed by atoms with E-state index in [1.54, 1.807) is 6.07 Å². The van der Waals surface area contributed by atoms with Crippen LogP contribution in [0.25, 0.3) is 0 Å². The minimum atomic E-state index is -4.67. The van der Waals surface area contributed by atoms with Crippen molar-refractivity contribution in [1.29, 1.82) is 0 Å². The average Bonchev–Trinajstić information content (AvgIpc) is 2.64. The standard InChI is InChI=1S/C18H17F3N2O3S/c19-17-14-7-8-22-10-12(14)3-6-15(17)23-16(24)9-11-1-4-13(5-2-11)27(25,26)18(20)21/h1-6,18,22H,7-10H2,(H,23,24). The maximum absolute atomic E-state index is 14.5. The molecule has 0 saturated heterocycles. The summed E-state index contributed by atoms with van der Waals surface area (Å²) in [6.07, 6.45) is 0.387. The van der Waals surface area contributed by atoms with Gasteiger partial charge in [-0.2, -0.15) is 8.78 Å². The van der Waals surface area contributed by atoms with Crippen LogP contribution in [0.1, 0.15) is 16.7 Å². The first-order chi connectivity index (χ1) is 12.8. The molecule has 2 N–H and O–H groups in total. The molecule has 2 aromatic carbocycles. The highest BCUT2D eigenvalue weighted by molar-refractivity contribution is 7.91. The third-order valence-electron chi connectivity index (χ3n) is 4.33. The van der Waals surface area contributed by atoms with Crippen LogP contribution in [0.4, 0.5) is 18.9 Å². The smallest absolute Gasteiger partial charge is 0.323 e. The van der Waals surface area contributed by atoms with Gasteiger partial charge in [0, 0.05) is 6.54 Å². The Hall–Kier alpha value is -2.39. The van der Waals surface area contributed by atoms with Crippen LogP contribution in [-0.4, -0.2) is 26.6 Å². The summed E-state index contributed by atoms with van der Waals surface area (Å²) in [7, 11) is -4.67. The van der Waals surface area contributed by atoms with E-state index in [2.05, 4.69) is 10.6 Å². The molecule has 9 heteroatoms. The van der Waals surface area contributed by atoms with Crippen molar-refractivity contribution in [3.05, 3.63) is 58.9 Å². The van der Waals surface area contributed by atoms with Crippen molar-refractivity contribution in [2.45, 2.75) is 30.0 Å². The van der Waals surface area contributed by atoms with Gasteiger partial charge in [-0.3, -0.25) is 4.79 Å². The zero-order valence-corrected chi connectivity index (χ0v) is 15.0. The number of benzene rings is 2. The van der Waals surface area contributed by atoms with Crippen molar-refractivity contribution in [3.8, 4) is 0 Å². The van der Waals surface area contributed by atoms with E-state index in [1.807, 2.05) is 0 Å². The molecule has 0 saturated carbocycles. The number of nitrogens with one attached hydrogen (secondary N) is 2. The number of hydrogen-bond acceptors (Lipinski definition) is 4. The lowest BCUT2D eigenvalue weighted by atomic mass is 9.99. The fourth-order valence-electron chi connectivity index (χ4n) is 2.91. The first-order valence-electron chi connectivity index (χ1n) is 8.21. The van der Waals surface area contributed by atoms with Gasteiger partial charge in [0.25, 0.3) is 0 Å². The maximum Gasteiger partial charge on any atom is 0.341 e. The number of amides is 1. The van der Waals surface area contributed by atoms with Crippen molar-refractivity contribution < 1.29 is 26.4 Å². The largest absolute Gasteiger partial charge is 0.341 e. The van der Waals surface area contributed by atoms with Crippen LogP contribution < -0.4 is 10.6 Å². The molecule has 0 aromatic heterocycles. The van der Waals surface area contributed by atoms with E-state index in [9.17, 15) is 26.4 Å². The number of fused-ring (bicyclic) bond motifs is 1. The zero-order chi connectivity index (χ0) is 19.6. The van der Waals surface area contributed by atoms with Crippen molar-refractivity contribution >= 4 is 21.4 Å². The molecule has 0 fully saturated rings. The van der Waals surface area contributed by atoms with Gasteiger partial charge in [-0.1, -0.05) is 18.2 Å². The summed E-state index contributed by atoms with van der Waals surface area (Å²) in [4.78, 5) is 11.6. The minimum Gasteiger partial charge on any atom is -0.323 e. The Morgan fingerprint density at radius 2 is 1.85 bits per heavy atom. The van der Waals surface area contributed by atoms with Crippen LogP contribution >= 0.6 is 0 Å². The van der Waals surface area contributed by atoms with E-state index < -0.39 is 32.2 Å². The Balaban J connectivity index is 1.70. The Morgan fingerprint density at radius 1 is 1.15 bits per heavy atom. The van der Waals surface area contributed by atoms with Gasteiger partial charge in [0.1, 0.15) is 5.82 Å². The first-order valence-corrected chi connectivity index (χ1v) is 9.75. The van der Waals surface area contributed by atoms with Gasteiger partial charge in [-0.25, -0.2) is 12.8 Å². The van der Waals surface area contributed by atoms with Crippen LogP contribution in [-0.2, 0) is 34.0 Å². The lowest BCUT2D eigenvalue weighted by Gasteiger charge is -2.19. The van der Waals surface area contributed by atoms with Gasteiger partial charge in [0.05, 0.1) is 17.0 Å². The molecule has 0 bridgehead atoms. The summed E-state index contributed by atoms with van der Waals surface area (Å²) in [5, 5.41) is 5.64. The lowest BCUT2D eigenvalue weighted by molar-refractivity contribution is -0.115. The molecule has 0 radical (unpaired) electrons. The van der Waals surface area contributed by atoms with E-state index in [-0.39, 0.29) is 12.1 Å². The fourth-order valence-corrected chi connectivity index (χ4v) is 3.63. The predicted molar refractivity (Wildman–Crippen MR) is 93.8 cm³/mol. The number of anilines is 1. The second-order valence-electron chi connectivity index (χ2n) is 6.17. The van der Waals surface area contributed by atoms with Gasteiger partial charge in [-0.15, -0.1) is 0 Å². The van der Waals surface area contributed by atoms with E-state index in [1.165, 1.54) is 18.2 Å². The number of carbonyl (C=O) groups excluding carboxylic acids is 1. The molecule has 1 amide bonds. The van der Waals surface area contributed by atoms with Crippen molar-refractivity contribution in [2.75, 3.05) is 11.9 Å². The molecule has 0 spiro atoms. The molecule has 2 aromatic rings. The highest BCUT2D eigenvalue weighted by Gasteiger charge is 2.26. The lowest BCUT2D eigenvalue weighted by Crippen LogP contribution is -2.25. The number of halogens is 3. The number of carbonyl (C=O) groups is 1. The maximum atomic E-state index is 14.5. The van der Waals surface area contributed by atoms with Crippen LogP contribution in [0.3, 0.4) is 0 Å². The summed E-state index contributed by atoms with van der Waals surface area (Å²) in [6, 6.07) is 7.86. The average molecular weight is 398 g/mol. The van der Waals surface area contributed by atoms with Crippen LogP contribution in [0.15, 0.2) is 41.3 Å². The van der Waals surface area contributed by atoms with Gasteiger partial charge in [0.15, 0.2) is 0 Å². The van der Waals surface area contributed by atoms with Crippen molar-refractivity contribution in [2.24, 2.45) is 0 Å². The van der Waals surface area contributed by atoms with Gasteiger partial charge >= 0.3 is 5.76 Å². The van der Waals surface area contributed by atoms with Gasteiger partial charge < -0.3 is 10.6 Å². The molecule has 144 valence electrons. The van der Waals surface area contributed by atoms with E-state index in [0.29, 0.717) is 30.6 Å². The van der Waals surface area contributed by atoms with Crippen molar-refractivity contribution in [3.63, 3.8) is 0 Å². The van der Waals surface area contributed by atoms with Crippen LogP contribution in [0.2, 0.25) is 0 Å². The van der Waals surface area contributed by atoms with Crippen molar-refractivity contribution in [1.82, 2.24) is 5.32 Å². The normalized spacial score (nSPS) is 14.1. The first kappa shape index (κ1) is 19.4. The summed E-state index contributed by atoms with van der Waals surface area (Å²) >= 11 is 0. The highest BCUT2D eigenvalue weighted by Crippen LogP contribution is 2.25. The molecule has 27 heavy (non-hydrogen) atoms. The van der Waals surface area contributed by atoms with Gasteiger partial charge in [0.2, 0.25) is 15.7 Å². The molecular formula is C18H17F3N2O3S. The second kappa shape index (κ2) is 7.69. The summed E-state index contributed by atoms with van der Waals surface area (Å²) in [5.74, 6) is -4.46. The summed E-state index contributed by atoms with van der Waals surface area (Å²) in [5.41, 5.74) is 1.93. The molecule has 0 aliphatic carbocycles. The summed E-state index contributed by atoms with van der Waals surface area (Å²) < 4.78 is 62.3. The Labute approximate surface area is 154 Å². The second-order valence-corrected chi connectivity index (χ2v) is 8.08. The van der Waals surface area contributed by atoms with Gasteiger partial charge in [-0.05, 0) is 47.9 Å². The Kier molecular flexibility index (Phi) is 5.52. The number of rotatable bonds is 5. The molecule has 0 unspecified atom stereocenters. The molecule has 1 heterocycles. The number of sulfone groups is 1. The van der Waals surface area contributed by atoms with Crippen LogP contribution in [0, 0.1) is 5.82 Å². The Morgan fingerprint density at radius 3 is 2.52 bits per heavy atom. The quantitative estimate of drug-likeness (QED) is 0.812.